The average molecular weight is 923 g/mol. The van der Waals surface area contributed by atoms with Crippen molar-refractivity contribution in [2.75, 3.05) is 0 Å². The molecular formula is C58H41IN3O+. The first kappa shape index (κ1) is 37.7. The molecule has 0 fully saturated rings. The van der Waals surface area contributed by atoms with Gasteiger partial charge >= 0.3 is 5.84 Å². The van der Waals surface area contributed by atoms with E-state index in [9.17, 15) is 0 Å². The fourth-order valence-corrected chi connectivity index (χ4v) is 10.7. The monoisotopic (exact) mass is 922 g/mol. The van der Waals surface area contributed by atoms with Crippen molar-refractivity contribution in [3.05, 3.63) is 228 Å². The second kappa shape index (κ2) is 15.4. The van der Waals surface area contributed by atoms with Crippen LogP contribution >= 0.6 is 22.6 Å². The van der Waals surface area contributed by atoms with E-state index in [4.69, 9.17) is 9.41 Å². The minimum atomic E-state index is -0.0415. The van der Waals surface area contributed by atoms with Crippen molar-refractivity contribution in [3.63, 3.8) is 0 Å². The second-order valence-corrected chi connectivity index (χ2v) is 17.2. The lowest BCUT2D eigenvalue weighted by atomic mass is 9.95. The van der Waals surface area contributed by atoms with Crippen LogP contribution in [0.5, 0.6) is 0 Å². The number of aromatic nitrogens is 1. The molecule has 0 aliphatic carbocycles. The molecule has 2 aliphatic heterocycles. The lowest BCUT2D eigenvalue weighted by Crippen LogP contribution is -2.09. The topological polar surface area (TPSA) is 33.4 Å². The normalized spacial score (nSPS) is 15.8. The number of alkyl halides is 1. The highest BCUT2D eigenvalue weighted by atomic mass is 127. The van der Waals surface area contributed by atoms with E-state index in [1.165, 1.54) is 66.8 Å². The van der Waals surface area contributed by atoms with E-state index < -0.39 is 0 Å². The lowest BCUT2D eigenvalue weighted by molar-refractivity contribution is -0.334. The standard InChI is InChI=1S/C58H41IN3O/c1-2-15-44-45-22-9-11-25-49(45)61(51(44)36-59)50-26-12-10-23-46(50)47-24-14-27-52-54(47)48-33-32-43(35-53(48)63-52)58-60-55(40-30-28-39(29-31-40)37-16-5-3-6-17-37)57-56(62(57)58)42-21-13-20-41(34-42)38-18-7-4-8-19-38/h2-35,55,57H,36H2,1H3/q+1/b15-2-/t55?,57-/m1/s1. The molecule has 0 saturated carbocycles. The third kappa shape index (κ3) is 6.24. The van der Waals surface area contributed by atoms with Gasteiger partial charge < -0.3 is 8.98 Å². The molecule has 0 radical (unpaired) electrons. The Kier molecular flexibility index (Phi) is 9.18. The van der Waals surface area contributed by atoms with Gasteiger partial charge in [0.15, 0.2) is 5.71 Å². The molecule has 0 bridgehead atoms. The maximum absolute atomic E-state index is 6.81. The summed E-state index contributed by atoms with van der Waals surface area (Å²) in [6.07, 6.45) is 4.39. The number of hydrogen-bond acceptors (Lipinski definition) is 2. The van der Waals surface area contributed by atoms with Crippen LogP contribution in [0.4, 0.5) is 0 Å². The molecule has 2 aromatic heterocycles. The highest BCUT2D eigenvalue weighted by molar-refractivity contribution is 14.1. The zero-order chi connectivity index (χ0) is 42.0. The van der Waals surface area contributed by atoms with Crippen molar-refractivity contribution in [1.29, 1.82) is 0 Å². The molecule has 0 spiro atoms. The van der Waals surface area contributed by atoms with Gasteiger partial charge in [0.05, 0.1) is 16.8 Å². The maximum atomic E-state index is 6.81. The third-order valence-corrected chi connectivity index (χ3v) is 13.6. The molecule has 0 N–H and O–H groups in total. The van der Waals surface area contributed by atoms with E-state index >= 15 is 0 Å². The SMILES string of the molecule is C/C=C\c1c(CI)n(-c2ccccc2-c2cccc3oc4cc(C5=NC(c6ccc(-c7ccccc7)cc6)[C@@H]6C(c7cccc(-c8ccccc8)c7)=[N+]56)ccc4c23)c2ccccc12. The molecule has 0 amide bonds. The Hall–Kier alpha value is -7.09. The predicted molar refractivity (Wildman–Crippen MR) is 270 cm³/mol. The molecule has 4 heterocycles. The Balaban J connectivity index is 0.981. The first-order chi connectivity index (χ1) is 31.2. The molecule has 300 valence electrons. The van der Waals surface area contributed by atoms with Crippen LogP contribution in [-0.2, 0) is 4.43 Å². The Morgan fingerprint density at radius 2 is 1.24 bits per heavy atom. The number of benzene rings is 8. The van der Waals surface area contributed by atoms with Gasteiger partial charge in [-0.25, -0.2) is 4.58 Å². The maximum Gasteiger partial charge on any atom is 0.326 e. The van der Waals surface area contributed by atoms with Crippen LogP contribution in [0.3, 0.4) is 0 Å². The molecular weight excluding hydrogens is 882 g/mol. The van der Waals surface area contributed by atoms with Gasteiger partial charge in [0, 0.05) is 48.5 Å². The van der Waals surface area contributed by atoms with Crippen LogP contribution in [0.15, 0.2) is 210 Å². The summed E-state index contributed by atoms with van der Waals surface area (Å²) in [5, 5.41) is 3.47. The first-order valence-corrected chi connectivity index (χ1v) is 23.1. The van der Waals surface area contributed by atoms with Crippen LogP contribution < -0.4 is 0 Å². The zero-order valence-corrected chi connectivity index (χ0v) is 36.8. The number of allylic oxidation sites excluding steroid dienone is 1. The van der Waals surface area contributed by atoms with Gasteiger partial charge in [0.1, 0.15) is 11.2 Å². The quantitative estimate of drug-likeness (QED) is 0.0807. The Labute approximate surface area is 380 Å². The van der Waals surface area contributed by atoms with Gasteiger partial charge in [0.25, 0.3) is 0 Å². The third-order valence-electron chi connectivity index (χ3n) is 12.8. The van der Waals surface area contributed by atoms with Crippen molar-refractivity contribution in [2.45, 2.75) is 23.4 Å². The van der Waals surface area contributed by atoms with Crippen LogP contribution in [0.1, 0.15) is 40.9 Å². The Morgan fingerprint density at radius 1 is 0.587 bits per heavy atom. The van der Waals surface area contributed by atoms with Crippen LogP contribution in [0.2, 0.25) is 0 Å². The van der Waals surface area contributed by atoms with Crippen LogP contribution in [0, 0.1) is 0 Å². The number of rotatable bonds is 9. The molecule has 2 aliphatic rings. The number of halogens is 1. The van der Waals surface area contributed by atoms with Crippen molar-refractivity contribution in [1.82, 2.24) is 4.57 Å². The highest BCUT2D eigenvalue weighted by Gasteiger charge is 2.60. The van der Waals surface area contributed by atoms with E-state index in [1.807, 2.05) is 0 Å². The van der Waals surface area contributed by atoms with Gasteiger partial charge in [-0.05, 0) is 77.2 Å². The number of hydrogen-bond donors (Lipinski definition) is 0. The molecule has 1 unspecified atom stereocenters. The van der Waals surface area contributed by atoms with Gasteiger partial charge in [-0.3, -0.25) is 0 Å². The lowest BCUT2D eigenvalue weighted by Gasteiger charge is -2.16. The van der Waals surface area contributed by atoms with Gasteiger partial charge in [-0.15, -0.1) is 0 Å². The summed E-state index contributed by atoms with van der Waals surface area (Å²) in [4.78, 5) is 5.52. The number of fused-ring (bicyclic) bond motifs is 5. The number of furan rings is 1. The van der Waals surface area contributed by atoms with Crippen molar-refractivity contribution < 1.29 is 8.99 Å². The zero-order valence-electron chi connectivity index (χ0n) is 34.6. The first-order valence-electron chi connectivity index (χ1n) is 21.6. The summed E-state index contributed by atoms with van der Waals surface area (Å²) in [5.74, 6) is 0.980. The summed E-state index contributed by atoms with van der Waals surface area (Å²) >= 11 is 2.51. The largest absolute Gasteiger partial charge is 0.456 e. The molecule has 63 heavy (non-hydrogen) atoms. The average Bonchev–Trinajstić information content (AvgIpc) is 3.59. The van der Waals surface area contributed by atoms with E-state index in [0.29, 0.717) is 0 Å². The fraction of sp³-hybridized carbons (Fsp3) is 0.0690. The minimum Gasteiger partial charge on any atom is -0.456 e. The van der Waals surface area contributed by atoms with Crippen molar-refractivity contribution >= 4 is 73.1 Å². The second-order valence-electron chi connectivity index (χ2n) is 16.4. The molecule has 10 aromatic rings. The van der Waals surface area contributed by atoms with Gasteiger partial charge in [-0.1, -0.05) is 191 Å². The summed E-state index contributed by atoms with van der Waals surface area (Å²) in [7, 11) is 0. The molecule has 12 rings (SSSR count). The summed E-state index contributed by atoms with van der Waals surface area (Å²) < 4.78 is 12.6. The number of nitrogens with zero attached hydrogens (tertiary/aromatic N) is 3. The molecule has 0 saturated heterocycles. The predicted octanol–water partition coefficient (Wildman–Crippen LogP) is 14.9. The van der Waals surface area contributed by atoms with E-state index in [2.05, 4.69) is 245 Å². The molecule has 2 atom stereocenters. The van der Waals surface area contributed by atoms with E-state index in [-0.39, 0.29) is 12.1 Å². The molecule has 4 nitrogen and oxygen atoms in total. The number of amidine groups is 1. The van der Waals surface area contributed by atoms with Gasteiger partial charge in [-0.2, -0.15) is 0 Å². The van der Waals surface area contributed by atoms with E-state index in [0.717, 1.165) is 49.0 Å². The summed E-state index contributed by atoms with van der Waals surface area (Å²) in [6, 6.07) is 70.0. The molecule has 5 heteroatoms. The molecule has 8 aromatic carbocycles. The van der Waals surface area contributed by atoms with Crippen LogP contribution in [0.25, 0.3) is 78.0 Å². The number of para-hydroxylation sites is 2. The Bertz CT molecular complexity index is 3500. The van der Waals surface area contributed by atoms with Gasteiger partial charge in [0.2, 0.25) is 12.1 Å². The minimum absolute atomic E-state index is 0.0415. The van der Waals surface area contributed by atoms with Crippen molar-refractivity contribution in [2.24, 2.45) is 4.99 Å². The Morgan fingerprint density at radius 3 is 2.03 bits per heavy atom. The van der Waals surface area contributed by atoms with Crippen LogP contribution in [-0.4, -0.2) is 26.7 Å². The highest BCUT2D eigenvalue weighted by Crippen LogP contribution is 2.45. The summed E-state index contributed by atoms with van der Waals surface area (Å²) in [6.45, 7) is 2.10. The number of aliphatic imine (C=N–C) groups is 1. The summed E-state index contributed by atoms with van der Waals surface area (Å²) in [5.41, 5.74) is 18.6. The van der Waals surface area contributed by atoms with Crippen molar-refractivity contribution in [3.8, 4) is 39.1 Å². The fourth-order valence-electron chi connectivity index (χ4n) is 9.95. The van der Waals surface area contributed by atoms with E-state index in [1.54, 1.807) is 0 Å². The smallest absolute Gasteiger partial charge is 0.326 e.